The fraction of sp³-hybridized carbons (Fsp3) is 0.400. The summed E-state index contributed by atoms with van der Waals surface area (Å²) >= 11 is 0. The highest BCUT2D eigenvalue weighted by Gasteiger charge is 2.20. The third-order valence-electron chi connectivity index (χ3n) is 2.40. The zero-order valence-corrected chi connectivity index (χ0v) is 11.2. The second kappa shape index (κ2) is 6.23. The molecule has 0 spiro atoms. The Labute approximate surface area is 109 Å². The van der Waals surface area contributed by atoms with Crippen LogP contribution in [0.3, 0.4) is 0 Å². The average Bonchev–Trinajstić information content (AvgIpc) is 2.32. The second-order valence-corrected chi connectivity index (χ2v) is 5.14. The van der Waals surface area contributed by atoms with Gasteiger partial charge in [-0.2, -0.15) is 0 Å². The summed E-state index contributed by atoms with van der Waals surface area (Å²) in [4.78, 5) is 11.7. The lowest BCUT2D eigenvalue weighted by Gasteiger charge is -2.17. The Morgan fingerprint density at radius 1 is 1.39 bits per heavy atom. The van der Waals surface area contributed by atoms with Gasteiger partial charge in [-0.3, -0.25) is 4.79 Å². The maximum atomic E-state index is 11.7. The van der Waals surface area contributed by atoms with E-state index in [2.05, 4.69) is 17.2 Å². The van der Waals surface area contributed by atoms with Crippen LogP contribution < -0.4 is 11.1 Å². The number of nitrogens with two attached hydrogens (primary N) is 1. The van der Waals surface area contributed by atoms with Crippen molar-refractivity contribution in [3.8, 4) is 11.8 Å². The van der Waals surface area contributed by atoms with Gasteiger partial charge in [0, 0.05) is 17.5 Å². The Bertz CT molecular complexity index is 475. The lowest BCUT2D eigenvalue weighted by Crippen LogP contribution is -2.34. The van der Waals surface area contributed by atoms with E-state index in [0.29, 0.717) is 13.1 Å². The van der Waals surface area contributed by atoms with Gasteiger partial charge in [0.15, 0.2) is 0 Å². The molecule has 1 rings (SSSR count). The predicted octanol–water partition coefficient (Wildman–Crippen LogP) is 1.66. The first-order chi connectivity index (χ1) is 8.43. The van der Waals surface area contributed by atoms with Crippen LogP contribution in [-0.4, -0.2) is 12.5 Å². The molecule has 0 heterocycles. The van der Waals surface area contributed by atoms with E-state index in [9.17, 15) is 4.79 Å². The molecule has 18 heavy (non-hydrogen) atoms. The molecular formula is C15H20N2O. The van der Waals surface area contributed by atoms with Crippen molar-refractivity contribution in [2.75, 3.05) is 6.54 Å². The minimum atomic E-state index is -0.364. The summed E-state index contributed by atoms with van der Waals surface area (Å²) in [5.74, 6) is 5.83. The van der Waals surface area contributed by atoms with E-state index in [1.165, 1.54) is 0 Å². The number of carbonyl (C=O) groups excluding carboxylic acids is 1. The Morgan fingerprint density at radius 2 is 2.11 bits per heavy atom. The molecular weight excluding hydrogens is 224 g/mol. The van der Waals surface area contributed by atoms with Crippen molar-refractivity contribution >= 4 is 5.91 Å². The monoisotopic (exact) mass is 244 g/mol. The van der Waals surface area contributed by atoms with Gasteiger partial charge in [0.05, 0.1) is 6.54 Å². The van der Waals surface area contributed by atoms with Crippen LogP contribution in [0.1, 0.15) is 31.9 Å². The third kappa shape index (κ3) is 4.60. The van der Waals surface area contributed by atoms with Crippen LogP contribution in [0.4, 0.5) is 0 Å². The van der Waals surface area contributed by atoms with Crippen molar-refractivity contribution < 1.29 is 4.79 Å². The van der Waals surface area contributed by atoms with Gasteiger partial charge < -0.3 is 11.1 Å². The Morgan fingerprint density at radius 3 is 2.72 bits per heavy atom. The predicted molar refractivity (Wildman–Crippen MR) is 73.7 cm³/mol. The Hall–Kier alpha value is -1.79. The van der Waals surface area contributed by atoms with Crippen molar-refractivity contribution in [2.45, 2.75) is 27.3 Å². The van der Waals surface area contributed by atoms with Crippen LogP contribution in [0.5, 0.6) is 0 Å². The fourth-order valence-electron chi connectivity index (χ4n) is 1.36. The standard InChI is InChI=1S/C15H20N2O/c1-15(2,3)14(18)17-11-13-7-4-6-12(10-13)8-5-9-16/h4,6-7,10H,9,11,16H2,1-3H3,(H,17,18). The number of amides is 1. The number of carbonyl (C=O) groups is 1. The molecule has 1 aromatic carbocycles. The van der Waals surface area contributed by atoms with Crippen molar-refractivity contribution in [2.24, 2.45) is 11.1 Å². The third-order valence-corrected chi connectivity index (χ3v) is 2.40. The average molecular weight is 244 g/mol. The molecule has 0 atom stereocenters. The molecule has 0 saturated heterocycles. The summed E-state index contributed by atoms with van der Waals surface area (Å²) in [5.41, 5.74) is 6.92. The molecule has 3 nitrogen and oxygen atoms in total. The van der Waals surface area contributed by atoms with E-state index in [0.717, 1.165) is 11.1 Å². The Balaban J connectivity index is 2.66. The number of benzene rings is 1. The molecule has 96 valence electrons. The quantitative estimate of drug-likeness (QED) is 0.777. The molecule has 3 N–H and O–H groups in total. The van der Waals surface area contributed by atoms with Crippen molar-refractivity contribution in [1.29, 1.82) is 0 Å². The van der Waals surface area contributed by atoms with E-state index < -0.39 is 0 Å². The van der Waals surface area contributed by atoms with Crippen molar-refractivity contribution in [3.63, 3.8) is 0 Å². The SMILES string of the molecule is CC(C)(C)C(=O)NCc1cccc(C#CCN)c1. The normalized spacial score (nSPS) is 10.4. The van der Waals surface area contributed by atoms with E-state index >= 15 is 0 Å². The van der Waals surface area contributed by atoms with Crippen molar-refractivity contribution in [3.05, 3.63) is 35.4 Å². The van der Waals surface area contributed by atoms with Gasteiger partial charge in [0.25, 0.3) is 0 Å². The van der Waals surface area contributed by atoms with Crippen LogP contribution >= 0.6 is 0 Å². The summed E-state index contributed by atoms with van der Waals surface area (Å²) in [6, 6.07) is 7.79. The maximum Gasteiger partial charge on any atom is 0.225 e. The van der Waals surface area contributed by atoms with Gasteiger partial charge in [-0.05, 0) is 17.7 Å². The largest absolute Gasteiger partial charge is 0.352 e. The van der Waals surface area contributed by atoms with Crippen LogP contribution in [0.2, 0.25) is 0 Å². The maximum absolute atomic E-state index is 11.7. The van der Waals surface area contributed by atoms with Gasteiger partial charge in [-0.15, -0.1) is 0 Å². The lowest BCUT2D eigenvalue weighted by molar-refractivity contribution is -0.128. The molecule has 0 aromatic heterocycles. The highest BCUT2D eigenvalue weighted by molar-refractivity contribution is 5.81. The number of hydrogen-bond acceptors (Lipinski definition) is 2. The van der Waals surface area contributed by atoms with Crippen LogP contribution in [0, 0.1) is 17.3 Å². The summed E-state index contributed by atoms with van der Waals surface area (Å²) in [7, 11) is 0. The van der Waals surface area contributed by atoms with Gasteiger partial charge >= 0.3 is 0 Å². The Kier molecular flexibility index (Phi) is 4.94. The van der Waals surface area contributed by atoms with E-state index in [1.54, 1.807) is 0 Å². The zero-order chi connectivity index (χ0) is 13.6. The molecule has 0 bridgehead atoms. The van der Waals surface area contributed by atoms with Crippen LogP contribution in [-0.2, 0) is 11.3 Å². The second-order valence-electron chi connectivity index (χ2n) is 5.14. The van der Waals surface area contributed by atoms with Crippen LogP contribution in [0.25, 0.3) is 0 Å². The number of rotatable bonds is 2. The molecule has 3 heteroatoms. The first kappa shape index (κ1) is 14.3. The lowest BCUT2D eigenvalue weighted by atomic mass is 9.95. The highest BCUT2D eigenvalue weighted by Crippen LogP contribution is 2.13. The first-order valence-corrected chi connectivity index (χ1v) is 5.99. The molecule has 1 aromatic rings. The van der Waals surface area contributed by atoms with Gasteiger partial charge in [0.1, 0.15) is 0 Å². The molecule has 0 radical (unpaired) electrons. The highest BCUT2D eigenvalue weighted by atomic mass is 16.2. The fourth-order valence-corrected chi connectivity index (χ4v) is 1.36. The van der Waals surface area contributed by atoms with Gasteiger partial charge in [-0.25, -0.2) is 0 Å². The first-order valence-electron chi connectivity index (χ1n) is 5.99. The topological polar surface area (TPSA) is 55.1 Å². The molecule has 0 aliphatic heterocycles. The molecule has 1 amide bonds. The van der Waals surface area contributed by atoms with E-state index in [4.69, 9.17) is 5.73 Å². The van der Waals surface area contributed by atoms with E-state index in [-0.39, 0.29) is 11.3 Å². The molecule has 0 aliphatic carbocycles. The van der Waals surface area contributed by atoms with Crippen LogP contribution in [0.15, 0.2) is 24.3 Å². The molecule has 0 aliphatic rings. The minimum absolute atomic E-state index is 0.0425. The van der Waals surface area contributed by atoms with E-state index in [1.807, 2.05) is 45.0 Å². The smallest absolute Gasteiger partial charge is 0.225 e. The number of nitrogens with one attached hydrogen (secondary N) is 1. The van der Waals surface area contributed by atoms with Crippen molar-refractivity contribution in [1.82, 2.24) is 5.32 Å². The summed E-state index contributed by atoms with van der Waals surface area (Å²) in [6.45, 7) is 6.56. The summed E-state index contributed by atoms with van der Waals surface area (Å²) in [6.07, 6.45) is 0. The minimum Gasteiger partial charge on any atom is -0.352 e. The zero-order valence-electron chi connectivity index (χ0n) is 11.2. The molecule has 0 fully saturated rings. The number of hydrogen-bond donors (Lipinski definition) is 2. The molecule has 0 unspecified atom stereocenters. The summed E-state index contributed by atoms with van der Waals surface area (Å²) in [5, 5.41) is 2.91. The summed E-state index contributed by atoms with van der Waals surface area (Å²) < 4.78 is 0. The van der Waals surface area contributed by atoms with Gasteiger partial charge in [-0.1, -0.05) is 44.7 Å². The molecule has 0 saturated carbocycles. The van der Waals surface area contributed by atoms with Gasteiger partial charge in [0.2, 0.25) is 5.91 Å².